The van der Waals surface area contributed by atoms with Gasteiger partial charge in [0.25, 0.3) is 0 Å². The number of ketones is 1. The van der Waals surface area contributed by atoms with Gasteiger partial charge in [-0.1, -0.05) is 42.5 Å². The number of hydrogen-bond acceptors (Lipinski definition) is 6. The number of carbonyl (C=O) groups is 2. The van der Waals surface area contributed by atoms with Crippen molar-refractivity contribution in [3.8, 4) is 5.69 Å². The topological polar surface area (TPSA) is 103 Å². The number of benzene rings is 2. The summed E-state index contributed by atoms with van der Waals surface area (Å²) in [5.74, 6) is -0.772. The summed E-state index contributed by atoms with van der Waals surface area (Å²) in [6.45, 7) is 1.90. The summed E-state index contributed by atoms with van der Waals surface area (Å²) in [6, 6.07) is 13.8. The summed E-state index contributed by atoms with van der Waals surface area (Å²) in [7, 11) is 0. The Morgan fingerprint density at radius 1 is 1.19 bits per heavy atom. The summed E-state index contributed by atoms with van der Waals surface area (Å²) in [5.41, 5.74) is 7.83. The second-order valence-electron chi connectivity index (χ2n) is 5.39. The predicted molar refractivity (Wildman–Crippen MR) is 99.0 cm³/mol. The first-order valence-electron chi connectivity index (χ1n) is 7.87. The highest BCUT2D eigenvalue weighted by Crippen LogP contribution is 2.21. The number of esters is 1. The molecule has 132 valence electrons. The van der Waals surface area contributed by atoms with Crippen LogP contribution in [0.15, 0.2) is 48.5 Å². The number of anilines is 1. The molecule has 0 amide bonds. The molecule has 3 aromatic rings. The van der Waals surface area contributed by atoms with Gasteiger partial charge in [0.15, 0.2) is 10.4 Å². The Bertz CT molecular complexity index is 1020. The number of aromatic amines is 1. The lowest BCUT2D eigenvalue weighted by molar-refractivity contribution is 0.0518. The Morgan fingerprint density at radius 3 is 2.62 bits per heavy atom. The molecule has 0 fully saturated rings. The van der Waals surface area contributed by atoms with Crippen LogP contribution in [-0.2, 0) is 4.74 Å². The molecule has 7 nitrogen and oxygen atoms in total. The average molecular weight is 368 g/mol. The van der Waals surface area contributed by atoms with Gasteiger partial charge in [0.2, 0.25) is 5.69 Å². The first kappa shape index (κ1) is 17.6. The van der Waals surface area contributed by atoms with Crippen LogP contribution in [0.1, 0.15) is 33.3 Å². The average Bonchev–Trinajstić information content (AvgIpc) is 3.04. The number of H-pyrrole nitrogens is 1. The molecule has 0 saturated heterocycles. The maximum atomic E-state index is 12.6. The summed E-state index contributed by atoms with van der Waals surface area (Å²) >= 11 is 5.29. The Hall–Kier alpha value is -3.26. The van der Waals surface area contributed by atoms with Crippen LogP contribution < -0.4 is 5.73 Å². The van der Waals surface area contributed by atoms with Gasteiger partial charge >= 0.3 is 5.97 Å². The number of nitrogen functional groups attached to an aromatic ring is 1. The molecular formula is C18H16N4O3S. The van der Waals surface area contributed by atoms with E-state index >= 15 is 0 Å². The molecule has 0 saturated carbocycles. The van der Waals surface area contributed by atoms with E-state index in [9.17, 15) is 9.59 Å². The fourth-order valence-corrected chi connectivity index (χ4v) is 2.70. The van der Waals surface area contributed by atoms with E-state index < -0.39 is 5.97 Å². The highest BCUT2D eigenvalue weighted by Gasteiger charge is 2.18. The van der Waals surface area contributed by atoms with Crippen LogP contribution in [0.25, 0.3) is 5.69 Å². The van der Waals surface area contributed by atoms with E-state index in [1.807, 2.05) is 6.07 Å². The zero-order valence-corrected chi connectivity index (χ0v) is 14.7. The standard InChI is InChI=1S/C18H16N4O3S/c1-2-25-18(24)15-17(26)22(21-20-15)14-10-12(8-9-13(14)19)16(23)11-6-4-3-5-7-11/h3-10,21H,2,19H2,1H3. The minimum Gasteiger partial charge on any atom is -0.461 e. The van der Waals surface area contributed by atoms with E-state index in [0.29, 0.717) is 22.5 Å². The maximum absolute atomic E-state index is 12.6. The van der Waals surface area contributed by atoms with Gasteiger partial charge in [-0.05, 0) is 25.1 Å². The van der Waals surface area contributed by atoms with Gasteiger partial charge in [0.05, 0.1) is 18.0 Å². The van der Waals surface area contributed by atoms with Crippen molar-refractivity contribution in [1.29, 1.82) is 0 Å². The third kappa shape index (κ3) is 3.27. The van der Waals surface area contributed by atoms with E-state index in [-0.39, 0.29) is 22.7 Å². The van der Waals surface area contributed by atoms with Gasteiger partial charge in [-0.15, -0.1) is 5.10 Å². The molecule has 0 radical (unpaired) electrons. The van der Waals surface area contributed by atoms with E-state index in [1.54, 1.807) is 49.4 Å². The maximum Gasteiger partial charge on any atom is 0.362 e. The molecule has 2 aromatic carbocycles. The molecule has 1 heterocycles. The molecule has 26 heavy (non-hydrogen) atoms. The van der Waals surface area contributed by atoms with Gasteiger partial charge in [-0.3, -0.25) is 4.79 Å². The van der Waals surface area contributed by atoms with Gasteiger partial charge in [-0.2, -0.15) is 0 Å². The predicted octanol–water partition coefficient (Wildman–Crippen LogP) is 2.92. The van der Waals surface area contributed by atoms with E-state index in [0.717, 1.165) is 0 Å². The monoisotopic (exact) mass is 368 g/mol. The number of aromatic nitrogens is 3. The fraction of sp³-hybridized carbons (Fsp3) is 0.111. The fourth-order valence-electron chi connectivity index (χ4n) is 2.43. The van der Waals surface area contributed by atoms with Crippen molar-refractivity contribution in [1.82, 2.24) is 15.0 Å². The normalized spacial score (nSPS) is 10.5. The van der Waals surface area contributed by atoms with E-state index in [1.165, 1.54) is 4.68 Å². The van der Waals surface area contributed by atoms with Crippen LogP contribution in [0.4, 0.5) is 5.69 Å². The van der Waals surface area contributed by atoms with Crippen molar-refractivity contribution in [3.63, 3.8) is 0 Å². The van der Waals surface area contributed by atoms with Crippen LogP contribution in [0.3, 0.4) is 0 Å². The molecule has 0 atom stereocenters. The lowest BCUT2D eigenvalue weighted by atomic mass is 10.0. The van der Waals surface area contributed by atoms with Crippen LogP contribution in [0, 0.1) is 4.64 Å². The molecule has 0 aliphatic carbocycles. The lowest BCUT2D eigenvalue weighted by Gasteiger charge is -2.09. The molecule has 0 spiro atoms. The zero-order chi connectivity index (χ0) is 18.7. The minimum absolute atomic E-state index is 0.0129. The SMILES string of the molecule is CCOC(=O)c1n[nH]n(-c2cc(C(=O)c3ccccc3)ccc2N)c1=S. The molecule has 3 rings (SSSR count). The van der Waals surface area contributed by atoms with Crippen LogP contribution in [0.5, 0.6) is 0 Å². The van der Waals surface area contributed by atoms with E-state index in [2.05, 4.69) is 10.3 Å². The summed E-state index contributed by atoms with van der Waals surface area (Å²) in [6.07, 6.45) is 0. The summed E-state index contributed by atoms with van der Waals surface area (Å²) < 4.78 is 6.42. The lowest BCUT2D eigenvalue weighted by Crippen LogP contribution is -2.08. The van der Waals surface area contributed by atoms with Crippen molar-refractivity contribution in [2.75, 3.05) is 12.3 Å². The second kappa shape index (κ2) is 7.32. The molecular weight excluding hydrogens is 352 g/mol. The van der Waals surface area contributed by atoms with E-state index in [4.69, 9.17) is 22.7 Å². The minimum atomic E-state index is -0.623. The Labute approximate surface area is 154 Å². The summed E-state index contributed by atoms with van der Waals surface area (Å²) in [5, 5.41) is 6.55. The smallest absolute Gasteiger partial charge is 0.362 e. The van der Waals surface area contributed by atoms with Crippen molar-refractivity contribution in [2.45, 2.75) is 6.92 Å². The molecule has 0 bridgehead atoms. The zero-order valence-electron chi connectivity index (χ0n) is 13.9. The Kier molecular flexibility index (Phi) is 4.94. The Morgan fingerprint density at radius 2 is 1.92 bits per heavy atom. The molecule has 0 unspecified atom stereocenters. The van der Waals surface area contributed by atoms with Crippen molar-refractivity contribution >= 4 is 29.7 Å². The highest BCUT2D eigenvalue weighted by molar-refractivity contribution is 7.71. The molecule has 1 aromatic heterocycles. The third-order valence-electron chi connectivity index (χ3n) is 3.71. The van der Waals surface area contributed by atoms with Crippen molar-refractivity contribution < 1.29 is 14.3 Å². The Balaban J connectivity index is 2.03. The number of rotatable bonds is 5. The number of hydrogen-bond donors (Lipinski definition) is 2. The van der Waals surface area contributed by atoms with Gasteiger partial charge in [-0.25, -0.2) is 14.7 Å². The molecule has 3 N–H and O–H groups in total. The van der Waals surface area contributed by atoms with Gasteiger partial charge < -0.3 is 10.5 Å². The van der Waals surface area contributed by atoms with Crippen molar-refractivity contribution in [3.05, 3.63) is 70.0 Å². The molecule has 0 aliphatic heterocycles. The van der Waals surface area contributed by atoms with Crippen molar-refractivity contribution in [2.24, 2.45) is 0 Å². The third-order valence-corrected chi connectivity index (χ3v) is 4.08. The number of nitrogens with one attached hydrogen (secondary N) is 1. The van der Waals surface area contributed by atoms with Crippen LogP contribution >= 0.6 is 12.2 Å². The van der Waals surface area contributed by atoms with Crippen LogP contribution in [0.2, 0.25) is 0 Å². The van der Waals surface area contributed by atoms with Gasteiger partial charge in [0, 0.05) is 11.1 Å². The second-order valence-corrected chi connectivity index (χ2v) is 5.78. The van der Waals surface area contributed by atoms with Crippen LogP contribution in [-0.4, -0.2) is 33.4 Å². The summed E-state index contributed by atoms with van der Waals surface area (Å²) in [4.78, 5) is 24.5. The van der Waals surface area contributed by atoms with Gasteiger partial charge in [0.1, 0.15) is 0 Å². The largest absolute Gasteiger partial charge is 0.461 e. The number of nitrogens with two attached hydrogens (primary N) is 1. The number of ether oxygens (including phenoxy) is 1. The molecule has 8 heteroatoms. The quantitative estimate of drug-likeness (QED) is 0.311. The number of nitrogens with zero attached hydrogens (tertiary/aromatic N) is 2. The molecule has 0 aliphatic rings. The number of carbonyl (C=O) groups excluding carboxylic acids is 2. The first-order valence-corrected chi connectivity index (χ1v) is 8.28. The first-order chi connectivity index (χ1) is 12.5. The highest BCUT2D eigenvalue weighted by atomic mass is 32.1.